The van der Waals surface area contributed by atoms with Gasteiger partial charge in [0.25, 0.3) is 5.91 Å². The normalized spacial score (nSPS) is 10.3. The third-order valence-corrected chi connectivity index (χ3v) is 3.81. The Morgan fingerprint density at radius 3 is 2.31 bits per heavy atom. The van der Waals surface area contributed by atoms with Gasteiger partial charge in [0.1, 0.15) is 5.69 Å². The van der Waals surface area contributed by atoms with E-state index in [0.29, 0.717) is 5.02 Å². The summed E-state index contributed by atoms with van der Waals surface area (Å²) in [6.45, 7) is 5.07. The molecule has 2 rings (SSSR count). The Labute approximate surface area is 156 Å². The summed E-state index contributed by atoms with van der Waals surface area (Å²) in [7, 11) is 0. The van der Waals surface area contributed by atoms with Crippen molar-refractivity contribution in [1.29, 1.82) is 0 Å². The lowest BCUT2D eigenvalue weighted by molar-refractivity contribution is -0.126. The van der Waals surface area contributed by atoms with Crippen molar-refractivity contribution in [3.05, 3.63) is 51.8 Å². The van der Waals surface area contributed by atoms with E-state index < -0.39 is 18.5 Å². The highest BCUT2D eigenvalue weighted by Gasteiger charge is 2.13. The molecular weight excluding hydrogens is 358 g/mol. The predicted octanol–water partition coefficient (Wildman–Crippen LogP) is 2.51. The lowest BCUT2D eigenvalue weighted by Gasteiger charge is -2.13. The van der Waals surface area contributed by atoms with Crippen molar-refractivity contribution in [3.63, 3.8) is 0 Å². The second-order valence-electron chi connectivity index (χ2n) is 5.91. The van der Waals surface area contributed by atoms with Gasteiger partial charge in [-0.05, 0) is 38.0 Å². The summed E-state index contributed by atoms with van der Waals surface area (Å²) in [5.41, 5.74) is 3.87. The first-order valence-corrected chi connectivity index (χ1v) is 8.29. The number of ether oxygens (including phenoxy) is 1. The van der Waals surface area contributed by atoms with Crippen molar-refractivity contribution < 1.29 is 19.1 Å². The van der Waals surface area contributed by atoms with Crippen LogP contribution in [-0.2, 0) is 14.3 Å². The number of nitrogens with one attached hydrogen (secondary N) is 3. The molecule has 0 saturated carbocycles. The monoisotopic (exact) mass is 377 g/mol. The second-order valence-corrected chi connectivity index (χ2v) is 6.34. The van der Waals surface area contributed by atoms with Crippen LogP contribution >= 0.6 is 11.6 Å². The van der Waals surface area contributed by atoms with Gasteiger partial charge in [-0.1, -0.05) is 29.3 Å². The molecule has 0 bridgehead atoms. The van der Waals surface area contributed by atoms with Crippen LogP contribution in [0.5, 0.6) is 0 Å². The maximum absolute atomic E-state index is 12.0. The fourth-order valence-electron chi connectivity index (χ4n) is 2.49. The molecule has 0 aliphatic rings. The minimum Gasteiger partial charge on any atom is -0.451 e. The van der Waals surface area contributed by atoms with E-state index >= 15 is 0 Å². The molecule has 1 aromatic carbocycles. The molecule has 0 aliphatic carbocycles. The maximum atomic E-state index is 12.0. The summed E-state index contributed by atoms with van der Waals surface area (Å²) in [6.07, 6.45) is 1.43. The van der Waals surface area contributed by atoms with Gasteiger partial charge in [-0.2, -0.15) is 0 Å². The Kier molecular flexibility index (Phi) is 6.41. The van der Waals surface area contributed by atoms with E-state index in [1.54, 1.807) is 0 Å². The van der Waals surface area contributed by atoms with Crippen molar-refractivity contribution in [2.24, 2.45) is 0 Å². The standard InChI is InChI=1S/C18H20ClN3O4/c1-10-4-11(2)17(12(3)5-10)22-15(23)8-21-16(24)9-26-18(25)14-6-13(19)7-20-14/h4-7,20H,8-9H2,1-3H3,(H,21,24)(H,22,23). The van der Waals surface area contributed by atoms with E-state index in [2.05, 4.69) is 15.6 Å². The van der Waals surface area contributed by atoms with Crippen LogP contribution in [0.1, 0.15) is 27.2 Å². The van der Waals surface area contributed by atoms with Crippen molar-refractivity contribution in [1.82, 2.24) is 10.3 Å². The first kappa shape index (κ1) is 19.5. The average molecular weight is 378 g/mol. The lowest BCUT2D eigenvalue weighted by Crippen LogP contribution is -2.35. The van der Waals surface area contributed by atoms with Gasteiger partial charge in [0.2, 0.25) is 5.91 Å². The fourth-order valence-corrected chi connectivity index (χ4v) is 2.65. The number of amides is 2. The number of aromatic nitrogens is 1. The molecule has 0 atom stereocenters. The molecule has 1 aromatic heterocycles. The zero-order valence-electron chi connectivity index (χ0n) is 14.7. The number of carbonyl (C=O) groups is 3. The number of halogens is 1. The van der Waals surface area contributed by atoms with Crippen LogP contribution in [0.15, 0.2) is 24.4 Å². The Balaban J connectivity index is 1.78. The molecule has 0 aliphatic heterocycles. The largest absolute Gasteiger partial charge is 0.451 e. The summed E-state index contributed by atoms with van der Waals surface area (Å²) in [4.78, 5) is 38.0. The molecule has 26 heavy (non-hydrogen) atoms. The Hall–Kier alpha value is -2.80. The molecule has 138 valence electrons. The molecule has 1 heterocycles. The smallest absolute Gasteiger partial charge is 0.355 e. The van der Waals surface area contributed by atoms with Crippen molar-refractivity contribution >= 4 is 35.1 Å². The van der Waals surface area contributed by atoms with Gasteiger partial charge in [0, 0.05) is 11.9 Å². The summed E-state index contributed by atoms with van der Waals surface area (Å²) in [5.74, 6) is -1.65. The van der Waals surface area contributed by atoms with Crippen LogP contribution < -0.4 is 10.6 Å². The molecule has 0 unspecified atom stereocenters. The third-order valence-electron chi connectivity index (χ3n) is 3.59. The van der Waals surface area contributed by atoms with Gasteiger partial charge >= 0.3 is 5.97 Å². The molecule has 2 amide bonds. The summed E-state index contributed by atoms with van der Waals surface area (Å²) < 4.78 is 4.83. The summed E-state index contributed by atoms with van der Waals surface area (Å²) >= 11 is 5.69. The number of carbonyl (C=O) groups excluding carboxylic acids is 3. The quantitative estimate of drug-likeness (QED) is 0.673. The molecule has 7 nitrogen and oxygen atoms in total. The highest BCUT2D eigenvalue weighted by Crippen LogP contribution is 2.21. The summed E-state index contributed by atoms with van der Waals surface area (Å²) in [5, 5.41) is 5.53. The highest BCUT2D eigenvalue weighted by atomic mass is 35.5. The fraction of sp³-hybridized carbons (Fsp3) is 0.278. The lowest BCUT2D eigenvalue weighted by atomic mass is 10.1. The minimum atomic E-state index is -0.706. The van der Waals surface area contributed by atoms with Crippen molar-refractivity contribution in [3.8, 4) is 0 Å². The van der Waals surface area contributed by atoms with E-state index in [4.69, 9.17) is 16.3 Å². The molecular formula is C18H20ClN3O4. The van der Waals surface area contributed by atoms with Crippen LogP contribution in [-0.4, -0.2) is 35.9 Å². The van der Waals surface area contributed by atoms with E-state index in [1.165, 1.54) is 12.3 Å². The van der Waals surface area contributed by atoms with Gasteiger partial charge in [-0.25, -0.2) is 4.79 Å². The number of hydrogen-bond donors (Lipinski definition) is 3. The van der Waals surface area contributed by atoms with Gasteiger partial charge in [-0.3, -0.25) is 9.59 Å². The first-order valence-electron chi connectivity index (χ1n) is 7.91. The van der Waals surface area contributed by atoms with Gasteiger partial charge < -0.3 is 20.4 Å². The van der Waals surface area contributed by atoms with Crippen LogP contribution in [0, 0.1) is 20.8 Å². The van der Waals surface area contributed by atoms with Crippen LogP contribution in [0.4, 0.5) is 5.69 Å². The first-order chi connectivity index (χ1) is 12.3. The highest BCUT2D eigenvalue weighted by molar-refractivity contribution is 6.30. The van der Waals surface area contributed by atoms with E-state index in [-0.39, 0.29) is 18.1 Å². The van der Waals surface area contributed by atoms with Gasteiger partial charge in [-0.15, -0.1) is 0 Å². The maximum Gasteiger partial charge on any atom is 0.355 e. The zero-order valence-corrected chi connectivity index (χ0v) is 15.5. The number of aryl methyl sites for hydroxylation is 3. The van der Waals surface area contributed by atoms with Crippen LogP contribution in [0.25, 0.3) is 0 Å². The van der Waals surface area contributed by atoms with Crippen molar-refractivity contribution in [2.45, 2.75) is 20.8 Å². The molecule has 2 aromatic rings. The van der Waals surface area contributed by atoms with Crippen LogP contribution in [0.2, 0.25) is 5.02 Å². The average Bonchev–Trinajstić information content (AvgIpc) is 3.00. The second kappa shape index (κ2) is 8.53. The molecule has 0 saturated heterocycles. The number of esters is 1. The molecule has 3 N–H and O–H groups in total. The Bertz CT molecular complexity index is 822. The number of H-pyrrole nitrogens is 1. The Morgan fingerprint density at radius 1 is 1.08 bits per heavy atom. The third kappa shape index (κ3) is 5.35. The minimum absolute atomic E-state index is 0.144. The number of anilines is 1. The number of benzene rings is 1. The van der Waals surface area contributed by atoms with E-state index in [0.717, 1.165) is 22.4 Å². The van der Waals surface area contributed by atoms with E-state index in [9.17, 15) is 14.4 Å². The molecule has 0 fully saturated rings. The van der Waals surface area contributed by atoms with E-state index in [1.807, 2.05) is 32.9 Å². The van der Waals surface area contributed by atoms with Crippen molar-refractivity contribution in [2.75, 3.05) is 18.5 Å². The predicted molar refractivity (Wildman–Crippen MR) is 98.4 cm³/mol. The van der Waals surface area contributed by atoms with Gasteiger partial charge in [0.05, 0.1) is 11.6 Å². The van der Waals surface area contributed by atoms with Gasteiger partial charge in [0.15, 0.2) is 6.61 Å². The SMILES string of the molecule is Cc1cc(C)c(NC(=O)CNC(=O)COC(=O)c2cc(Cl)c[nH]2)c(C)c1. The summed E-state index contributed by atoms with van der Waals surface area (Å²) in [6, 6.07) is 5.32. The molecule has 8 heteroatoms. The Morgan fingerprint density at radius 2 is 1.73 bits per heavy atom. The molecule has 0 spiro atoms. The molecule has 0 radical (unpaired) electrons. The number of rotatable bonds is 6. The number of aromatic amines is 1. The zero-order chi connectivity index (χ0) is 19.3. The number of hydrogen-bond acceptors (Lipinski definition) is 4. The van der Waals surface area contributed by atoms with Crippen LogP contribution in [0.3, 0.4) is 0 Å². The topological polar surface area (TPSA) is 100 Å².